The zero-order valence-corrected chi connectivity index (χ0v) is 14.5. The number of rotatable bonds is 2. The third-order valence-corrected chi connectivity index (χ3v) is 3.04. The molecule has 0 aliphatic heterocycles. The quantitative estimate of drug-likeness (QED) is 0.440. The van der Waals surface area contributed by atoms with Gasteiger partial charge in [0, 0.05) is 11.5 Å². The number of ether oxygens (including phenoxy) is 1. The molecule has 0 atom stereocenters. The zero-order valence-electron chi connectivity index (χ0n) is 14.5. The second-order valence-corrected chi connectivity index (χ2v) is 4.38. The summed E-state index contributed by atoms with van der Waals surface area (Å²) in [6.07, 6.45) is 1.63. The molecule has 0 aliphatic carbocycles. The molecule has 0 aliphatic rings. The van der Waals surface area contributed by atoms with Crippen LogP contribution in [0, 0.1) is 5.95 Å². The molecule has 0 unspecified atom stereocenters. The molecule has 23 heavy (non-hydrogen) atoms. The molecule has 0 amide bonds. The highest BCUT2D eigenvalue weighted by Gasteiger charge is 2.09. The topological polar surface area (TPSA) is 13.1 Å². The maximum Gasteiger partial charge on any atom is 0.363 e. The average molecular weight is 314 g/mol. The molecule has 0 saturated heterocycles. The standard InChI is InChI=1S/C16H13FNO.2C2H6/c1-18-10-9-13(11-16(18)17)19-15-8-4-6-12-5-2-3-7-14(12)15;2*1-2/h2-11H,1H3;2*1-2H3/q+1;;. The van der Waals surface area contributed by atoms with Gasteiger partial charge in [0.1, 0.15) is 18.5 Å². The van der Waals surface area contributed by atoms with Crippen LogP contribution in [0.5, 0.6) is 11.5 Å². The lowest BCUT2D eigenvalue weighted by atomic mass is 10.1. The molecule has 1 aromatic heterocycles. The van der Waals surface area contributed by atoms with Crippen LogP contribution < -0.4 is 9.30 Å². The van der Waals surface area contributed by atoms with Crippen molar-refractivity contribution < 1.29 is 13.7 Å². The van der Waals surface area contributed by atoms with Gasteiger partial charge in [-0.3, -0.25) is 0 Å². The van der Waals surface area contributed by atoms with Gasteiger partial charge < -0.3 is 4.74 Å². The summed E-state index contributed by atoms with van der Waals surface area (Å²) in [6, 6.07) is 16.9. The Labute approximate surface area is 138 Å². The van der Waals surface area contributed by atoms with Gasteiger partial charge in [-0.15, -0.1) is 4.39 Å². The summed E-state index contributed by atoms with van der Waals surface area (Å²) in [5.74, 6) is 0.885. The smallest absolute Gasteiger partial charge is 0.363 e. The molecule has 122 valence electrons. The van der Waals surface area contributed by atoms with Gasteiger partial charge in [0.2, 0.25) is 0 Å². The van der Waals surface area contributed by atoms with Crippen LogP contribution in [0.2, 0.25) is 0 Å². The fraction of sp³-hybridized carbons (Fsp3) is 0.250. The van der Waals surface area contributed by atoms with Crippen LogP contribution in [0.15, 0.2) is 60.8 Å². The van der Waals surface area contributed by atoms with Crippen LogP contribution in [-0.2, 0) is 7.05 Å². The monoisotopic (exact) mass is 314 g/mol. The second-order valence-electron chi connectivity index (χ2n) is 4.38. The highest BCUT2D eigenvalue weighted by atomic mass is 19.1. The predicted octanol–water partition coefficient (Wildman–Crippen LogP) is 5.65. The number of fused-ring (bicyclic) bond motifs is 1. The molecule has 0 fully saturated rings. The van der Waals surface area contributed by atoms with Crippen LogP contribution in [0.1, 0.15) is 27.7 Å². The van der Waals surface area contributed by atoms with Crippen molar-refractivity contribution in [2.75, 3.05) is 0 Å². The highest BCUT2D eigenvalue weighted by molar-refractivity contribution is 5.88. The molecular formula is C20H25FNO+. The minimum absolute atomic E-state index is 0.335. The third-order valence-electron chi connectivity index (χ3n) is 3.04. The van der Waals surface area contributed by atoms with Gasteiger partial charge in [-0.1, -0.05) is 64.1 Å². The molecule has 0 saturated carbocycles. The van der Waals surface area contributed by atoms with E-state index in [9.17, 15) is 4.39 Å². The Balaban J connectivity index is 0.000000615. The molecular weight excluding hydrogens is 289 g/mol. The van der Waals surface area contributed by atoms with Crippen LogP contribution >= 0.6 is 0 Å². The number of halogens is 1. The van der Waals surface area contributed by atoms with E-state index in [1.807, 2.05) is 70.2 Å². The molecule has 2 aromatic carbocycles. The second kappa shape index (κ2) is 9.57. The van der Waals surface area contributed by atoms with Gasteiger partial charge in [-0.25, -0.2) is 0 Å². The number of nitrogens with zero attached hydrogens (tertiary/aromatic N) is 1. The van der Waals surface area contributed by atoms with E-state index in [0.29, 0.717) is 5.75 Å². The molecule has 2 nitrogen and oxygen atoms in total. The number of hydrogen-bond acceptors (Lipinski definition) is 1. The Bertz CT molecular complexity index is 735. The molecule has 1 heterocycles. The van der Waals surface area contributed by atoms with Crippen LogP contribution in [0.3, 0.4) is 0 Å². The summed E-state index contributed by atoms with van der Waals surface area (Å²) in [5.41, 5.74) is 0. The Morgan fingerprint density at radius 3 is 2.22 bits per heavy atom. The van der Waals surface area contributed by atoms with Gasteiger partial charge in [0.25, 0.3) is 0 Å². The lowest BCUT2D eigenvalue weighted by Crippen LogP contribution is -2.31. The zero-order chi connectivity index (χ0) is 17.2. The number of benzene rings is 2. The number of aryl methyl sites for hydroxylation is 1. The number of hydrogen-bond donors (Lipinski definition) is 0. The molecule has 0 bridgehead atoms. The predicted molar refractivity (Wildman–Crippen MR) is 94.3 cm³/mol. The van der Waals surface area contributed by atoms with Crippen molar-refractivity contribution in [2.24, 2.45) is 7.05 Å². The summed E-state index contributed by atoms with van der Waals surface area (Å²) >= 11 is 0. The maximum absolute atomic E-state index is 13.5. The van der Waals surface area contributed by atoms with Crippen molar-refractivity contribution >= 4 is 10.8 Å². The highest BCUT2D eigenvalue weighted by Crippen LogP contribution is 2.29. The van der Waals surface area contributed by atoms with E-state index in [-0.39, 0.29) is 5.95 Å². The molecule has 0 radical (unpaired) electrons. The molecule has 3 heteroatoms. The van der Waals surface area contributed by atoms with E-state index >= 15 is 0 Å². The molecule has 0 N–H and O–H groups in total. The van der Waals surface area contributed by atoms with Gasteiger partial charge in [0.15, 0.2) is 6.20 Å². The third kappa shape index (κ3) is 4.78. The van der Waals surface area contributed by atoms with Gasteiger partial charge in [0.05, 0.1) is 6.07 Å². The summed E-state index contributed by atoms with van der Waals surface area (Å²) in [6.45, 7) is 8.00. The fourth-order valence-electron chi connectivity index (χ4n) is 2.00. The van der Waals surface area contributed by atoms with Crippen LogP contribution in [-0.4, -0.2) is 0 Å². The van der Waals surface area contributed by atoms with Crippen molar-refractivity contribution in [3.05, 3.63) is 66.7 Å². The van der Waals surface area contributed by atoms with Crippen molar-refractivity contribution in [1.82, 2.24) is 0 Å². The lowest BCUT2D eigenvalue weighted by Gasteiger charge is -2.08. The number of aromatic nitrogens is 1. The molecule has 0 spiro atoms. The van der Waals surface area contributed by atoms with Crippen molar-refractivity contribution in [3.8, 4) is 11.5 Å². The first-order valence-corrected chi connectivity index (χ1v) is 8.05. The Morgan fingerprint density at radius 2 is 1.52 bits per heavy atom. The van der Waals surface area contributed by atoms with Crippen molar-refractivity contribution in [1.29, 1.82) is 0 Å². The van der Waals surface area contributed by atoms with E-state index < -0.39 is 0 Å². The van der Waals surface area contributed by atoms with E-state index in [4.69, 9.17) is 4.74 Å². The van der Waals surface area contributed by atoms with Crippen LogP contribution in [0.25, 0.3) is 10.8 Å². The first kappa shape index (κ1) is 18.6. The van der Waals surface area contributed by atoms with Crippen molar-refractivity contribution in [2.45, 2.75) is 27.7 Å². The summed E-state index contributed by atoms with van der Waals surface area (Å²) in [5, 5.41) is 2.11. The first-order chi connectivity index (χ1) is 11.2. The van der Waals surface area contributed by atoms with Crippen molar-refractivity contribution in [3.63, 3.8) is 0 Å². The summed E-state index contributed by atoms with van der Waals surface area (Å²) < 4.78 is 20.7. The lowest BCUT2D eigenvalue weighted by molar-refractivity contribution is -0.700. The number of pyridine rings is 1. The van der Waals surface area contributed by atoms with E-state index in [2.05, 4.69) is 0 Å². The Hall–Kier alpha value is -2.42. The SMILES string of the molecule is CC.CC.C[n+]1ccc(Oc2cccc3ccccc23)cc1F. The minimum atomic E-state index is -0.335. The maximum atomic E-state index is 13.5. The van der Waals surface area contributed by atoms with E-state index in [1.165, 1.54) is 10.6 Å². The molecule has 3 aromatic rings. The van der Waals surface area contributed by atoms with Gasteiger partial charge >= 0.3 is 5.95 Å². The van der Waals surface area contributed by atoms with Crippen LogP contribution in [0.4, 0.5) is 4.39 Å². The fourth-order valence-corrected chi connectivity index (χ4v) is 2.00. The Morgan fingerprint density at radius 1 is 0.870 bits per heavy atom. The minimum Gasteiger partial charge on any atom is -0.456 e. The van der Waals surface area contributed by atoms with Gasteiger partial charge in [-0.05, 0) is 11.5 Å². The Kier molecular flexibility index (Phi) is 7.75. The van der Waals surface area contributed by atoms with Gasteiger partial charge in [-0.2, -0.15) is 4.57 Å². The normalized spacial score (nSPS) is 9.30. The van der Waals surface area contributed by atoms with E-state index in [1.54, 1.807) is 19.3 Å². The first-order valence-electron chi connectivity index (χ1n) is 8.05. The summed E-state index contributed by atoms with van der Waals surface area (Å²) in [7, 11) is 1.65. The van der Waals surface area contributed by atoms with E-state index in [0.717, 1.165) is 16.5 Å². The molecule has 3 rings (SSSR count). The average Bonchev–Trinajstić information content (AvgIpc) is 2.62. The largest absolute Gasteiger partial charge is 0.456 e. The summed E-state index contributed by atoms with van der Waals surface area (Å²) in [4.78, 5) is 0.